The van der Waals surface area contributed by atoms with Gasteiger partial charge in [0.05, 0.1) is 33.1 Å². The van der Waals surface area contributed by atoms with E-state index < -0.39 is 5.97 Å². The number of carbonyl (C=O) groups excluding carboxylic acids is 2. The van der Waals surface area contributed by atoms with Crippen LogP contribution >= 0.6 is 15.9 Å². The van der Waals surface area contributed by atoms with Crippen LogP contribution in [0.2, 0.25) is 0 Å². The molecule has 0 fully saturated rings. The van der Waals surface area contributed by atoms with Crippen molar-refractivity contribution in [3.63, 3.8) is 0 Å². The average molecular weight is 399 g/mol. The van der Waals surface area contributed by atoms with Crippen LogP contribution in [-0.2, 0) is 20.7 Å². The van der Waals surface area contributed by atoms with E-state index in [0.717, 1.165) is 0 Å². The summed E-state index contributed by atoms with van der Waals surface area (Å²) in [5.74, 6) is 0.140. The van der Waals surface area contributed by atoms with Crippen LogP contribution in [0.5, 0.6) is 11.5 Å². The molecule has 0 radical (unpaired) electrons. The molecule has 0 bridgehead atoms. The van der Waals surface area contributed by atoms with Crippen LogP contribution in [0, 0.1) is 11.3 Å². The first kappa shape index (κ1) is 19.8. The fourth-order valence-electron chi connectivity index (χ4n) is 1.83. The van der Waals surface area contributed by atoms with Crippen molar-refractivity contribution in [3.8, 4) is 17.6 Å². The molecule has 1 amide bonds. The minimum Gasteiger partial charge on any atom is -0.493 e. The quantitative estimate of drug-likeness (QED) is 0.621. The zero-order valence-electron chi connectivity index (χ0n) is 13.8. The molecule has 0 atom stereocenters. The van der Waals surface area contributed by atoms with Crippen LogP contribution in [-0.4, -0.2) is 51.2 Å². The lowest BCUT2D eigenvalue weighted by Gasteiger charge is -2.15. The molecular weight excluding hydrogens is 380 g/mol. The van der Waals surface area contributed by atoms with Crippen molar-refractivity contribution in [3.05, 3.63) is 22.2 Å². The van der Waals surface area contributed by atoms with E-state index in [1.807, 2.05) is 6.07 Å². The number of nitrogens with zero attached hydrogens (tertiary/aromatic N) is 2. The molecule has 0 aromatic heterocycles. The van der Waals surface area contributed by atoms with Gasteiger partial charge >= 0.3 is 5.97 Å². The fourth-order valence-corrected chi connectivity index (χ4v) is 2.30. The van der Waals surface area contributed by atoms with Crippen LogP contribution in [0.4, 0.5) is 0 Å². The predicted octanol–water partition coefficient (Wildman–Crippen LogP) is 1.92. The van der Waals surface area contributed by atoms with Crippen molar-refractivity contribution >= 4 is 27.8 Å². The van der Waals surface area contributed by atoms with Crippen LogP contribution in [0.15, 0.2) is 16.6 Å². The summed E-state index contributed by atoms with van der Waals surface area (Å²) in [6, 6.07) is 5.32. The molecule has 130 valence electrons. The highest BCUT2D eigenvalue weighted by Gasteiger charge is 2.16. The van der Waals surface area contributed by atoms with Crippen LogP contribution < -0.4 is 9.47 Å². The van der Waals surface area contributed by atoms with Crippen molar-refractivity contribution in [2.45, 2.75) is 12.8 Å². The van der Waals surface area contributed by atoms with Gasteiger partial charge < -0.3 is 19.1 Å². The summed E-state index contributed by atoms with van der Waals surface area (Å²) >= 11 is 3.36. The number of methoxy groups -OCH3 is 2. The average Bonchev–Trinajstić information content (AvgIpc) is 2.58. The summed E-state index contributed by atoms with van der Waals surface area (Å²) in [5, 5.41) is 8.49. The van der Waals surface area contributed by atoms with Gasteiger partial charge in [-0.05, 0) is 17.7 Å². The number of amides is 1. The van der Waals surface area contributed by atoms with Gasteiger partial charge in [0.15, 0.2) is 18.1 Å². The Hall–Kier alpha value is -2.27. The smallest absolute Gasteiger partial charge is 0.310 e. The van der Waals surface area contributed by atoms with Crippen LogP contribution in [0.1, 0.15) is 12.0 Å². The van der Waals surface area contributed by atoms with Gasteiger partial charge in [0, 0.05) is 18.1 Å². The van der Waals surface area contributed by atoms with E-state index in [1.54, 1.807) is 19.2 Å². The standard InChI is InChI=1S/C16H19BrN2O5/c1-19(6-4-5-18)15(20)10-24-16(21)8-11-7-13(22-2)14(23-3)9-12(11)17/h7,9H,4,6,8,10H2,1-3H3. The maximum atomic E-state index is 11.9. The molecule has 0 aliphatic heterocycles. The Morgan fingerprint density at radius 1 is 1.25 bits per heavy atom. The first-order valence-corrected chi connectivity index (χ1v) is 7.89. The molecule has 0 aliphatic carbocycles. The molecule has 0 unspecified atom stereocenters. The first-order valence-electron chi connectivity index (χ1n) is 7.09. The third kappa shape index (κ3) is 5.74. The summed E-state index contributed by atoms with van der Waals surface area (Å²) in [6.07, 6.45) is 0.213. The summed E-state index contributed by atoms with van der Waals surface area (Å²) in [4.78, 5) is 25.0. The van der Waals surface area contributed by atoms with E-state index in [1.165, 1.54) is 19.1 Å². The number of carbonyl (C=O) groups is 2. The molecule has 1 rings (SSSR count). The number of ether oxygens (including phenoxy) is 3. The largest absolute Gasteiger partial charge is 0.493 e. The molecule has 1 aromatic rings. The van der Waals surface area contributed by atoms with Crippen molar-refractivity contribution in [1.82, 2.24) is 4.90 Å². The fraction of sp³-hybridized carbons (Fsp3) is 0.438. The Bertz CT molecular complexity index is 642. The number of likely N-dealkylation sites (N-methyl/N-ethyl adjacent to an activating group) is 1. The number of nitriles is 1. The number of benzene rings is 1. The molecule has 0 spiro atoms. The van der Waals surface area contributed by atoms with Gasteiger partial charge in [-0.2, -0.15) is 5.26 Å². The molecule has 7 nitrogen and oxygen atoms in total. The second kappa shape index (κ2) is 9.78. The third-order valence-corrected chi connectivity index (χ3v) is 3.97. The second-order valence-electron chi connectivity index (χ2n) is 4.86. The monoisotopic (exact) mass is 398 g/mol. The SMILES string of the molecule is COc1cc(Br)c(CC(=O)OCC(=O)N(C)CCC#N)cc1OC. The highest BCUT2D eigenvalue weighted by atomic mass is 79.9. The van der Waals surface area contributed by atoms with Crippen molar-refractivity contribution in [2.75, 3.05) is 34.4 Å². The Morgan fingerprint density at radius 2 is 1.88 bits per heavy atom. The maximum absolute atomic E-state index is 11.9. The van der Waals surface area contributed by atoms with Gasteiger partial charge in [0.2, 0.25) is 0 Å². The molecule has 0 N–H and O–H groups in total. The lowest BCUT2D eigenvalue weighted by Crippen LogP contribution is -2.32. The van der Waals surface area contributed by atoms with E-state index in [4.69, 9.17) is 19.5 Å². The van der Waals surface area contributed by atoms with Gasteiger partial charge in [0.25, 0.3) is 5.91 Å². The number of halogens is 1. The summed E-state index contributed by atoms with van der Waals surface area (Å²) < 4.78 is 16.0. The lowest BCUT2D eigenvalue weighted by molar-refractivity contribution is -0.150. The molecule has 0 aliphatic rings. The number of esters is 1. The Kier molecular flexibility index (Phi) is 8.06. The zero-order valence-corrected chi connectivity index (χ0v) is 15.4. The number of hydrogen-bond acceptors (Lipinski definition) is 6. The molecular formula is C16H19BrN2O5. The van der Waals surface area contributed by atoms with Crippen molar-refractivity contribution in [1.29, 1.82) is 5.26 Å². The van der Waals surface area contributed by atoms with Gasteiger partial charge in [-0.25, -0.2) is 0 Å². The molecule has 0 saturated carbocycles. The maximum Gasteiger partial charge on any atom is 0.310 e. The van der Waals surface area contributed by atoms with Crippen LogP contribution in [0.25, 0.3) is 0 Å². The van der Waals surface area contributed by atoms with Crippen molar-refractivity contribution < 1.29 is 23.8 Å². The molecule has 8 heteroatoms. The Labute approximate surface area is 149 Å². The van der Waals surface area contributed by atoms with E-state index in [0.29, 0.717) is 28.1 Å². The molecule has 24 heavy (non-hydrogen) atoms. The Morgan fingerprint density at radius 3 is 2.46 bits per heavy atom. The second-order valence-corrected chi connectivity index (χ2v) is 5.71. The summed E-state index contributed by atoms with van der Waals surface area (Å²) in [7, 11) is 4.58. The summed E-state index contributed by atoms with van der Waals surface area (Å²) in [5.41, 5.74) is 0.655. The number of rotatable bonds is 8. The molecule has 0 heterocycles. The zero-order chi connectivity index (χ0) is 18.1. The predicted molar refractivity (Wildman–Crippen MR) is 89.8 cm³/mol. The lowest BCUT2D eigenvalue weighted by atomic mass is 10.1. The minimum atomic E-state index is -0.537. The van der Waals surface area contributed by atoms with Gasteiger partial charge in [-0.15, -0.1) is 0 Å². The molecule has 1 aromatic carbocycles. The topological polar surface area (TPSA) is 88.9 Å². The van der Waals surface area contributed by atoms with E-state index in [-0.39, 0.29) is 25.4 Å². The van der Waals surface area contributed by atoms with Crippen LogP contribution in [0.3, 0.4) is 0 Å². The first-order chi connectivity index (χ1) is 11.4. The van der Waals surface area contributed by atoms with Gasteiger partial charge in [-0.3, -0.25) is 9.59 Å². The highest BCUT2D eigenvalue weighted by molar-refractivity contribution is 9.10. The van der Waals surface area contributed by atoms with E-state index in [9.17, 15) is 9.59 Å². The highest BCUT2D eigenvalue weighted by Crippen LogP contribution is 2.33. The van der Waals surface area contributed by atoms with Crippen molar-refractivity contribution in [2.24, 2.45) is 0 Å². The normalized spacial score (nSPS) is 9.79. The summed E-state index contributed by atoms with van der Waals surface area (Å²) in [6.45, 7) is -0.0558. The Balaban J connectivity index is 2.62. The minimum absolute atomic E-state index is 0.0177. The van der Waals surface area contributed by atoms with Gasteiger partial charge in [-0.1, -0.05) is 15.9 Å². The van der Waals surface area contributed by atoms with Gasteiger partial charge in [0.1, 0.15) is 0 Å². The number of hydrogen-bond donors (Lipinski definition) is 0. The molecule has 0 saturated heterocycles. The van der Waals surface area contributed by atoms with E-state index in [2.05, 4.69) is 15.9 Å². The third-order valence-electron chi connectivity index (χ3n) is 3.23. The van der Waals surface area contributed by atoms with E-state index >= 15 is 0 Å².